The fourth-order valence-electron chi connectivity index (χ4n) is 3.88. The number of nitrogens with one attached hydrogen (secondary N) is 1. The number of carbonyl (C=O) groups is 1. The molecule has 0 spiro atoms. The second-order valence-corrected chi connectivity index (χ2v) is 7.65. The van der Waals surface area contributed by atoms with Crippen LogP contribution < -0.4 is 5.56 Å². The SMILES string of the molecule is Cc1cc(C)n(Cc2ccc(C(=O)N3CCc4nc(C)[nH]c(=O)c4CC3)cc2)n1. The third-order valence-electron chi connectivity index (χ3n) is 5.39. The summed E-state index contributed by atoms with van der Waals surface area (Å²) in [4.78, 5) is 34.2. The average Bonchev–Trinajstić information content (AvgIpc) is 2.87. The Kier molecular flexibility index (Phi) is 5.05. The molecule has 0 aliphatic carbocycles. The number of benzene rings is 1. The Balaban J connectivity index is 1.46. The van der Waals surface area contributed by atoms with Crippen LogP contribution in [-0.4, -0.2) is 43.6 Å². The number of hydrogen-bond donors (Lipinski definition) is 1. The van der Waals surface area contributed by atoms with E-state index in [1.54, 1.807) is 6.92 Å². The zero-order valence-corrected chi connectivity index (χ0v) is 17.0. The Morgan fingerprint density at radius 1 is 1.10 bits per heavy atom. The van der Waals surface area contributed by atoms with Crippen LogP contribution in [0.5, 0.6) is 0 Å². The molecule has 0 bridgehead atoms. The van der Waals surface area contributed by atoms with Gasteiger partial charge >= 0.3 is 0 Å². The third-order valence-corrected chi connectivity index (χ3v) is 5.39. The first-order valence-electron chi connectivity index (χ1n) is 9.88. The molecule has 1 N–H and O–H groups in total. The van der Waals surface area contributed by atoms with Crippen molar-refractivity contribution in [3.63, 3.8) is 0 Å². The normalized spacial score (nSPS) is 13.8. The van der Waals surface area contributed by atoms with Gasteiger partial charge in [-0.1, -0.05) is 12.1 Å². The smallest absolute Gasteiger partial charge is 0.254 e. The lowest BCUT2D eigenvalue weighted by atomic mass is 10.1. The van der Waals surface area contributed by atoms with Gasteiger partial charge in [0.2, 0.25) is 0 Å². The van der Waals surface area contributed by atoms with E-state index >= 15 is 0 Å². The molecule has 1 amide bonds. The number of aromatic amines is 1. The van der Waals surface area contributed by atoms with Gasteiger partial charge < -0.3 is 9.88 Å². The van der Waals surface area contributed by atoms with Crippen molar-refractivity contribution in [2.24, 2.45) is 0 Å². The minimum atomic E-state index is -0.0877. The number of carbonyl (C=O) groups excluding carboxylic acids is 1. The Morgan fingerprint density at radius 3 is 2.52 bits per heavy atom. The van der Waals surface area contributed by atoms with E-state index in [2.05, 4.69) is 21.1 Å². The summed E-state index contributed by atoms with van der Waals surface area (Å²) in [6.45, 7) is 7.57. The fourth-order valence-corrected chi connectivity index (χ4v) is 3.88. The third kappa shape index (κ3) is 3.99. The summed E-state index contributed by atoms with van der Waals surface area (Å²) >= 11 is 0. The van der Waals surface area contributed by atoms with Gasteiger partial charge in [-0.05, 0) is 51.0 Å². The first kappa shape index (κ1) is 19.1. The van der Waals surface area contributed by atoms with Crippen LogP contribution >= 0.6 is 0 Å². The zero-order valence-electron chi connectivity index (χ0n) is 17.0. The van der Waals surface area contributed by atoms with E-state index in [1.165, 1.54) is 0 Å². The van der Waals surface area contributed by atoms with E-state index in [4.69, 9.17) is 0 Å². The van der Waals surface area contributed by atoms with E-state index in [9.17, 15) is 9.59 Å². The van der Waals surface area contributed by atoms with Crippen LogP contribution in [0.3, 0.4) is 0 Å². The highest BCUT2D eigenvalue weighted by Gasteiger charge is 2.22. The van der Waals surface area contributed by atoms with Gasteiger partial charge in [0.25, 0.3) is 11.5 Å². The molecule has 150 valence electrons. The number of H-pyrrole nitrogens is 1. The van der Waals surface area contributed by atoms with E-state index < -0.39 is 0 Å². The largest absolute Gasteiger partial charge is 0.338 e. The highest BCUT2D eigenvalue weighted by atomic mass is 16.2. The van der Waals surface area contributed by atoms with E-state index in [0.717, 1.165) is 22.6 Å². The highest BCUT2D eigenvalue weighted by Crippen LogP contribution is 2.15. The first-order valence-corrected chi connectivity index (χ1v) is 9.88. The Hall–Kier alpha value is -3.22. The lowest BCUT2D eigenvalue weighted by Gasteiger charge is -2.20. The molecule has 1 aromatic carbocycles. The summed E-state index contributed by atoms with van der Waals surface area (Å²) in [7, 11) is 0. The molecule has 0 fully saturated rings. The van der Waals surface area contributed by atoms with Gasteiger partial charge in [-0.2, -0.15) is 5.10 Å². The number of rotatable bonds is 3. The molecule has 2 aromatic heterocycles. The molecule has 7 heteroatoms. The lowest BCUT2D eigenvalue weighted by Crippen LogP contribution is -2.33. The number of nitrogens with zero attached hydrogens (tertiary/aromatic N) is 4. The average molecular weight is 391 g/mol. The first-order chi connectivity index (χ1) is 13.9. The van der Waals surface area contributed by atoms with Crippen molar-refractivity contribution < 1.29 is 4.79 Å². The molecule has 1 aliphatic heterocycles. The van der Waals surface area contributed by atoms with Crippen LogP contribution in [0.15, 0.2) is 35.1 Å². The van der Waals surface area contributed by atoms with E-state index in [0.29, 0.717) is 49.4 Å². The summed E-state index contributed by atoms with van der Waals surface area (Å²) in [6.07, 6.45) is 1.13. The topological polar surface area (TPSA) is 83.9 Å². The molecule has 0 saturated heterocycles. The number of hydrogen-bond acceptors (Lipinski definition) is 4. The van der Waals surface area contributed by atoms with E-state index in [1.807, 2.05) is 47.7 Å². The van der Waals surface area contributed by atoms with Crippen LogP contribution in [0.1, 0.15) is 44.4 Å². The number of amides is 1. The molecule has 0 unspecified atom stereocenters. The van der Waals surface area contributed by atoms with Crippen molar-refractivity contribution in [2.75, 3.05) is 13.1 Å². The molecule has 7 nitrogen and oxygen atoms in total. The van der Waals surface area contributed by atoms with Gasteiger partial charge in [-0.25, -0.2) is 4.98 Å². The Labute approximate surface area is 169 Å². The molecule has 1 aliphatic rings. The zero-order chi connectivity index (χ0) is 20.5. The molecular formula is C22H25N5O2. The summed E-state index contributed by atoms with van der Waals surface area (Å²) in [6, 6.07) is 9.75. The van der Waals surface area contributed by atoms with Gasteiger partial charge in [-0.3, -0.25) is 14.3 Å². The quantitative estimate of drug-likeness (QED) is 0.742. The van der Waals surface area contributed by atoms with Crippen LogP contribution in [-0.2, 0) is 19.4 Å². The Morgan fingerprint density at radius 2 is 1.83 bits per heavy atom. The van der Waals surface area contributed by atoms with Gasteiger partial charge in [0.05, 0.1) is 17.9 Å². The lowest BCUT2D eigenvalue weighted by molar-refractivity contribution is 0.0763. The van der Waals surface area contributed by atoms with Crippen molar-refractivity contribution in [3.8, 4) is 0 Å². The van der Waals surface area contributed by atoms with Crippen molar-refractivity contribution in [2.45, 2.75) is 40.2 Å². The Bertz CT molecular complexity index is 1110. The number of fused-ring (bicyclic) bond motifs is 1. The maximum absolute atomic E-state index is 13.0. The minimum Gasteiger partial charge on any atom is -0.338 e. The van der Waals surface area contributed by atoms with Crippen LogP contribution in [0.25, 0.3) is 0 Å². The standard InChI is InChI=1S/C22H25N5O2/c1-14-12-15(2)27(25-14)13-17-4-6-18(7-5-17)22(29)26-10-8-19-20(9-11-26)23-16(3)24-21(19)28/h4-7,12H,8-11,13H2,1-3H3,(H,23,24,28). The predicted octanol–water partition coefficient (Wildman–Crippen LogP) is 2.18. The van der Waals surface area contributed by atoms with Gasteiger partial charge in [-0.15, -0.1) is 0 Å². The predicted molar refractivity (Wildman–Crippen MR) is 110 cm³/mol. The van der Waals surface area contributed by atoms with Gasteiger partial charge in [0.15, 0.2) is 0 Å². The second kappa shape index (κ2) is 7.66. The molecule has 4 rings (SSSR count). The molecule has 0 atom stereocenters. The summed E-state index contributed by atoms with van der Waals surface area (Å²) < 4.78 is 1.96. The molecule has 29 heavy (non-hydrogen) atoms. The fraction of sp³-hybridized carbons (Fsp3) is 0.364. The van der Waals surface area contributed by atoms with Crippen molar-refractivity contribution in [3.05, 3.63) is 80.3 Å². The van der Waals surface area contributed by atoms with Gasteiger partial charge in [0.1, 0.15) is 5.82 Å². The van der Waals surface area contributed by atoms with Crippen LogP contribution in [0.4, 0.5) is 0 Å². The molecule has 0 radical (unpaired) electrons. The molecule has 3 aromatic rings. The molecule has 3 heterocycles. The summed E-state index contributed by atoms with van der Waals surface area (Å²) in [5, 5.41) is 4.49. The molecular weight excluding hydrogens is 366 g/mol. The summed E-state index contributed by atoms with van der Waals surface area (Å²) in [5.74, 6) is 0.607. The van der Waals surface area contributed by atoms with Crippen molar-refractivity contribution in [1.82, 2.24) is 24.6 Å². The second-order valence-electron chi connectivity index (χ2n) is 7.65. The van der Waals surface area contributed by atoms with Crippen molar-refractivity contribution >= 4 is 5.91 Å². The minimum absolute atomic E-state index is 0.0105. The summed E-state index contributed by atoms with van der Waals surface area (Å²) in [5.41, 5.74) is 5.29. The highest BCUT2D eigenvalue weighted by molar-refractivity contribution is 5.94. The monoisotopic (exact) mass is 391 g/mol. The van der Waals surface area contributed by atoms with Crippen LogP contribution in [0.2, 0.25) is 0 Å². The maximum atomic E-state index is 13.0. The maximum Gasteiger partial charge on any atom is 0.254 e. The molecule has 0 saturated carbocycles. The number of aryl methyl sites for hydroxylation is 3. The van der Waals surface area contributed by atoms with E-state index in [-0.39, 0.29) is 11.5 Å². The number of aromatic nitrogens is 4. The van der Waals surface area contributed by atoms with Gasteiger partial charge in [0, 0.05) is 36.3 Å². The van der Waals surface area contributed by atoms with Crippen LogP contribution in [0, 0.1) is 20.8 Å². The van der Waals surface area contributed by atoms with Crippen molar-refractivity contribution in [1.29, 1.82) is 0 Å².